The Bertz CT molecular complexity index is 473. The van der Waals surface area contributed by atoms with Crippen molar-refractivity contribution in [3.63, 3.8) is 0 Å². The summed E-state index contributed by atoms with van der Waals surface area (Å²) in [6.45, 7) is 5.83. The van der Waals surface area contributed by atoms with Crippen molar-refractivity contribution in [3.05, 3.63) is 35.8 Å². The molecule has 0 atom stereocenters. The Hall–Kier alpha value is -1.42. The van der Waals surface area contributed by atoms with E-state index in [0.29, 0.717) is 0 Å². The van der Waals surface area contributed by atoms with E-state index >= 15 is 0 Å². The summed E-state index contributed by atoms with van der Waals surface area (Å²) in [6.07, 6.45) is 2.05. The Morgan fingerprint density at radius 2 is 2.18 bits per heavy atom. The number of anilines is 1. The Morgan fingerprint density at radius 3 is 2.76 bits per heavy atom. The van der Waals surface area contributed by atoms with E-state index in [1.807, 2.05) is 11.6 Å². The zero-order valence-electron chi connectivity index (χ0n) is 10.5. The first-order valence-electron chi connectivity index (χ1n) is 5.59. The molecule has 1 N–H and O–H groups in total. The van der Waals surface area contributed by atoms with Crippen LogP contribution in [0.5, 0.6) is 0 Å². The average Bonchev–Trinajstić information content (AvgIpc) is 2.81. The highest BCUT2D eigenvalue weighted by Crippen LogP contribution is 2.11. The first-order valence-corrected chi connectivity index (χ1v) is 5.59. The lowest BCUT2D eigenvalue weighted by Gasteiger charge is -2.08. The maximum absolute atomic E-state index is 4.40. The maximum Gasteiger partial charge on any atom is 0.124 e. The molecule has 2 rings (SSSR count). The Labute approximate surface area is 108 Å². The molecule has 0 spiro atoms. The van der Waals surface area contributed by atoms with E-state index < -0.39 is 0 Å². The summed E-state index contributed by atoms with van der Waals surface area (Å²) in [6, 6.07) is 6.25. The van der Waals surface area contributed by atoms with Gasteiger partial charge in [0.2, 0.25) is 0 Å². The van der Waals surface area contributed by atoms with Gasteiger partial charge in [-0.3, -0.25) is 0 Å². The number of hydrogen-bond acceptors (Lipinski definition) is 2. The zero-order chi connectivity index (χ0) is 11.5. The smallest absolute Gasteiger partial charge is 0.124 e. The molecular formula is C12H19ClN4. The molecule has 2 aromatic heterocycles. The molecule has 94 valence electrons. The first kappa shape index (κ1) is 13.6. The second-order valence-electron chi connectivity index (χ2n) is 3.95. The summed E-state index contributed by atoms with van der Waals surface area (Å²) in [7, 11) is 2.05. The van der Waals surface area contributed by atoms with Crippen molar-refractivity contribution >= 4 is 18.2 Å². The average molecular weight is 255 g/mol. The van der Waals surface area contributed by atoms with Crippen LogP contribution in [0.15, 0.2) is 24.4 Å². The monoisotopic (exact) mass is 254 g/mol. The predicted octanol–water partition coefficient (Wildman–Crippen LogP) is 2.58. The molecular weight excluding hydrogens is 236 g/mol. The van der Waals surface area contributed by atoms with Crippen LogP contribution in [0.2, 0.25) is 0 Å². The van der Waals surface area contributed by atoms with E-state index in [0.717, 1.165) is 24.6 Å². The molecule has 0 aliphatic heterocycles. The predicted molar refractivity (Wildman–Crippen MR) is 72.6 cm³/mol. The van der Waals surface area contributed by atoms with Gasteiger partial charge in [-0.2, -0.15) is 5.10 Å². The van der Waals surface area contributed by atoms with Crippen LogP contribution in [0, 0.1) is 6.92 Å². The molecule has 0 saturated carbocycles. The number of nitrogens with zero attached hydrogens (tertiary/aromatic N) is 3. The molecule has 2 heterocycles. The summed E-state index contributed by atoms with van der Waals surface area (Å²) < 4.78 is 4.10. The van der Waals surface area contributed by atoms with Crippen molar-refractivity contribution < 1.29 is 0 Å². The SMILES string of the molecule is CCn1nc(C)cc1NCc1cccn1C.Cl. The largest absolute Gasteiger partial charge is 0.365 e. The number of halogens is 1. The van der Waals surface area contributed by atoms with Crippen molar-refractivity contribution in [1.82, 2.24) is 14.3 Å². The van der Waals surface area contributed by atoms with Crippen LogP contribution in [-0.2, 0) is 20.1 Å². The van der Waals surface area contributed by atoms with Crippen LogP contribution in [0.3, 0.4) is 0 Å². The lowest BCUT2D eigenvalue weighted by molar-refractivity contribution is 0.656. The lowest BCUT2D eigenvalue weighted by atomic mass is 10.4. The zero-order valence-corrected chi connectivity index (χ0v) is 11.3. The molecule has 4 nitrogen and oxygen atoms in total. The summed E-state index contributed by atoms with van der Waals surface area (Å²) >= 11 is 0. The standard InChI is InChI=1S/C12H18N4.ClH/c1-4-16-12(8-10(2)14-16)13-9-11-6-5-7-15(11)3;/h5-8,13H,4,9H2,1-3H3;1H. The van der Waals surface area contributed by atoms with E-state index in [-0.39, 0.29) is 12.4 Å². The Balaban J connectivity index is 0.00000144. The molecule has 0 fully saturated rings. The highest BCUT2D eigenvalue weighted by molar-refractivity contribution is 5.85. The van der Waals surface area contributed by atoms with Crippen LogP contribution >= 0.6 is 12.4 Å². The van der Waals surface area contributed by atoms with Gasteiger partial charge in [-0.15, -0.1) is 12.4 Å². The molecule has 0 aliphatic rings. The van der Waals surface area contributed by atoms with Gasteiger partial charge >= 0.3 is 0 Å². The van der Waals surface area contributed by atoms with Gasteiger partial charge in [0.05, 0.1) is 12.2 Å². The topological polar surface area (TPSA) is 34.8 Å². The van der Waals surface area contributed by atoms with E-state index in [1.54, 1.807) is 0 Å². The van der Waals surface area contributed by atoms with Gasteiger partial charge in [-0.05, 0) is 26.0 Å². The number of nitrogens with one attached hydrogen (secondary N) is 1. The van der Waals surface area contributed by atoms with Gasteiger partial charge in [-0.1, -0.05) is 0 Å². The quantitative estimate of drug-likeness (QED) is 0.910. The number of hydrogen-bond donors (Lipinski definition) is 1. The van der Waals surface area contributed by atoms with Gasteiger partial charge < -0.3 is 9.88 Å². The number of aryl methyl sites for hydroxylation is 3. The molecule has 0 aliphatic carbocycles. The third kappa shape index (κ3) is 3.03. The molecule has 17 heavy (non-hydrogen) atoms. The van der Waals surface area contributed by atoms with Gasteiger partial charge in [0.15, 0.2) is 0 Å². The van der Waals surface area contributed by atoms with Crippen molar-refractivity contribution in [2.24, 2.45) is 7.05 Å². The highest BCUT2D eigenvalue weighted by atomic mass is 35.5. The molecule has 0 saturated heterocycles. The summed E-state index contributed by atoms with van der Waals surface area (Å²) in [5.41, 5.74) is 2.32. The van der Waals surface area contributed by atoms with Crippen LogP contribution < -0.4 is 5.32 Å². The minimum absolute atomic E-state index is 0. The fraction of sp³-hybridized carbons (Fsp3) is 0.417. The van der Waals surface area contributed by atoms with Crippen LogP contribution in [-0.4, -0.2) is 14.3 Å². The third-order valence-electron chi connectivity index (χ3n) is 2.70. The van der Waals surface area contributed by atoms with Crippen molar-refractivity contribution in [2.75, 3.05) is 5.32 Å². The van der Waals surface area contributed by atoms with Crippen LogP contribution in [0.4, 0.5) is 5.82 Å². The van der Waals surface area contributed by atoms with Crippen molar-refractivity contribution in [2.45, 2.75) is 26.9 Å². The molecule has 2 aromatic rings. The first-order chi connectivity index (χ1) is 7.70. The van der Waals surface area contributed by atoms with E-state index in [1.165, 1.54) is 5.69 Å². The van der Waals surface area contributed by atoms with Gasteiger partial charge in [0, 0.05) is 31.5 Å². The summed E-state index contributed by atoms with van der Waals surface area (Å²) in [5, 5.41) is 7.81. The molecule has 5 heteroatoms. The third-order valence-corrected chi connectivity index (χ3v) is 2.70. The summed E-state index contributed by atoms with van der Waals surface area (Å²) in [4.78, 5) is 0. The Kier molecular flexibility index (Phi) is 4.63. The number of rotatable bonds is 4. The van der Waals surface area contributed by atoms with Gasteiger partial charge in [0.25, 0.3) is 0 Å². The molecule has 0 amide bonds. The number of aromatic nitrogens is 3. The summed E-state index contributed by atoms with van der Waals surface area (Å²) in [5.74, 6) is 1.08. The fourth-order valence-corrected chi connectivity index (χ4v) is 1.79. The lowest BCUT2D eigenvalue weighted by Crippen LogP contribution is -2.08. The minimum Gasteiger partial charge on any atom is -0.365 e. The molecule has 0 bridgehead atoms. The van der Waals surface area contributed by atoms with Crippen LogP contribution in [0.25, 0.3) is 0 Å². The van der Waals surface area contributed by atoms with E-state index in [4.69, 9.17) is 0 Å². The van der Waals surface area contributed by atoms with Gasteiger partial charge in [-0.25, -0.2) is 4.68 Å². The van der Waals surface area contributed by atoms with E-state index in [9.17, 15) is 0 Å². The molecule has 0 radical (unpaired) electrons. The minimum atomic E-state index is 0. The van der Waals surface area contributed by atoms with Gasteiger partial charge in [0.1, 0.15) is 5.82 Å². The second-order valence-corrected chi connectivity index (χ2v) is 3.95. The maximum atomic E-state index is 4.40. The second kappa shape index (κ2) is 5.77. The van der Waals surface area contributed by atoms with Crippen molar-refractivity contribution in [3.8, 4) is 0 Å². The van der Waals surface area contributed by atoms with Crippen molar-refractivity contribution in [1.29, 1.82) is 0 Å². The van der Waals surface area contributed by atoms with E-state index in [2.05, 4.69) is 53.3 Å². The Morgan fingerprint density at radius 1 is 1.41 bits per heavy atom. The molecule has 0 unspecified atom stereocenters. The van der Waals surface area contributed by atoms with Crippen LogP contribution in [0.1, 0.15) is 18.3 Å². The fourth-order valence-electron chi connectivity index (χ4n) is 1.79. The normalized spacial score (nSPS) is 10.1. The highest BCUT2D eigenvalue weighted by Gasteiger charge is 2.03. The molecule has 0 aromatic carbocycles.